The molecule has 0 aliphatic rings. The van der Waals surface area contributed by atoms with Gasteiger partial charge in [0.2, 0.25) is 0 Å². The molecule has 4 aromatic heterocycles. The fourth-order valence-electron chi connectivity index (χ4n) is 10.1. The van der Waals surface area contributed by atoms with E-state index in [1.165, 1.54) is 27.8 Å². The summed E-state index contributed by atoms with van der Waals surface area (Å²) in [7, 11) is 0. The second-order valence-corrected chi connectivity index (χ2v) is 21.8. The first-order valence-corrected chi connectivity index (χ1v) is 25.2. The van der Waals surface area contributed by atoms with E-state index in [-0.39, 0.29) is 37.4 Å². The third kappa shape index (κ3) is 9.55. The van der Waals surface area contributed by atoms with Crippen LogP contribution in [-0.4, -0.2) is 14.5 Å². The first-order valence-electron chi connectivity index (χ1n) is 26.2. The van der Waals surface area contributed by atoms with E-state index < -0.39 is 11.8 Å². The van der Waals surface area contributed by atoms with Crippen LogP contribution in [0.3, 0.4) is 0 Å². The number of furan rings is 2. The molecule has 73 heavy (non-hydrogen) atoms. The Balaban J connectivity index is 0.000000323. The van der Waals surface area contributed by atoms with E-state index in [9.17, 15) is 0 Å². The Morgan fingerprint density at radius 3 is 2.00 bits per heavy atom. The monoisotopic (exact) mass is 1130 g/mol. The Morgan fingerprint density at radius 2 is 1.30 bits per heavy atom. The Hall–Kier alpha value is -7.11. The average Bonchev–Trinajstić information content (AvgIpc) is 4.07. The Bertz CT molecular complexity index is 4050. The maximum Gasteiger partial charge on any atom is 0.136 e. The van der Waals surface area contributed by atoms with E-state index >= 15 is 0 Å². The summed E-state index contributed by atoms with van der Waals surface area (Å²) in [5.41, 5.74) is 15.2. The minimum Gasteiger partial charge on any atom is -0.501 e. The third-order valence-electron chi connectivity index (χ3n) is 13.6. The van der Waals surface area contributed by atoms with Crippen molar-refractivity contribution in [3.63, 3.8) is 0 Å². The van der Waals surface area contributed by atoms with Crippen LogP contribution in [0.2, 0.25) is 0 Å². The van der Waals surface area contributed by atoms with Crippen LogP contribution in [0.1, 0.15) is 106 Å². The van der Waals surface area contributed by atoms with Gasteiger partial charge in [0.15, 0.2) is 0 Å². The number of imidazole rings is 1. The predicted octanol–water partition coefficient (Wildman–Crippen LogP) is 18.8. The first kappa shape index (κ1) is 46.9. The number of benzene rings is 8. The predicted molar refractivity (Wildman–Crippen MR) is 301 cm³/mol. The molecule has 0 atom stereocenters. The molecule has 8 aromatic carbocycles. The molecule has 1 radical (unpaired) electrons. The molecule has 0 spiro atoms. The van der Waals surface area contributed by atoms with Crippen LogP contribution in [0.25, 0.3) is 105 Å². The molecule has 0 N–H and O–H groups in total. The topological polar surface area (TPSA) is 57.0 Å². The van der Waals surface area contributed by atoms with Gasteiger partial charge in [0.05, 0.1) is 22.4 Å². The maximum atomic E-state index is 9.12. The summed E-state index contributed by atoms with van der Waals surface area (Å²) in [6.45, 7) is 21.5. The smallest absolute Gasteiger partial charge is 0.136 e. The Morgan fingerprint density at radius 1 is 0.603 bits per heavy atom. The molecule has 12 aromatic rings. The molecule has 367 valence electrons. The first-order chi connectivity index (χ1) is 35.4. The summed E-state index contributed by atoms with van der Waals surface area (Å²) in [5, 5.41) is 5.99. The summed E-state index contributed by atoms with van der Waals surface area (Å²) < 4.78 is 33.8. The molecular formula is C67H61IrN3O2-2. The zero-order chi connectivity index (χ0) is 51.8. The molecule has 4 heterocycles. The maximum absolute atomic E-state index is 9.12. The van der Waals surface area contributed by atoms with Crippen LogP contribution in [0.5, 0.6) is 0 Å². The van der Waals surface area contributed by atoms with Crippen molar-refractivity contribution in [2.24, 2.45) is 5.41 Å². The zero-order valence-electron chi connectivity index (χ0n) is 45.2. The van der Waals surface area contributed by atoms with Crippen LogP contribution in [0.15, 0.2) is 173 Å². The van der Waals surface area contributed by atoms with Crippen molar-refractivity contribution in [2.75, 3.05) is 0 Å². The normalized spacial score (nSPS) is 12.8. The van der Waals surface area contributed by atoms with Crippen LogP contribution >= 0.6 is 0 Å². The molecule has 5 nitrogen and oxygen atoms in total. The van der Waals surface area contributed by atoms with Gasteiger partial charge in [-0.15, -0.1) is 54.1 Å². The second-order valence-electron chi connectivity index (χ2n) is 21.8. The zero-order valence-corrected chi connectivity index (χ0v) is 45.6. The minimum atomic E-state index is -1.54. The van der Waals surface area contributed by atoms with Gasteiger partial charge in [-0.3, -0.25) is 4.98 Å². The number of nitrogens with zero attached hydrogens (tertiary/aromatic N) is 3. The quantitative estimate of drug-likeness (QED) is 0.149. The van der Waals surface area contributed by atoms with Crippen molar-refractivity contribution in [2.45, 2.75) is 92.9 Å². The van der Waals surface area contributed by atoms with Crippen molar-refractivity contribution >= 4 is 65.7 Å². The van der Waals surface area contributed by atoms with Gasteiger partial charge >= 0.3 is 0 Å². The summed E-state index contributed by atoms with van der Waals surface area (Å²) >= 11 is 0. The largest absolute Gasteiger partial charge is 0.501 e. The van der Waals surface area contributed by atoms with Gasteiger partial charge in [-0.05, 0) is 127 Å². The Kier molecular flexibility index (Phi) is 12.5. The fraction of sp³-hybridized carbons (Fsp3) is 0.224. The minimum absolute atomic E-state index is 0. The number of hydrogen-bond donors (Lipinski definition) is 0. The second kappa shape index (κ2) is 19.4. The van der Waals surface area contributed by atoms with Gasteiger partial charge < -0.3 is 18.4 Å². The van der Waals surface area contributed by atoms with Crippen molar-refractivity contribution in [1.82, 2.24) is 14.5 Å². The molecule has 6 heteroatoms. The molecule has 0 aliphatic heterocycles. The van der Waals surface area contributed by atoms with E-state index in [1.807, 2.05) is 93.7 Å². The summed E-state index contributed by atoms with van der Waals surface area (Å²) in [6.07, 6.45) is 0.334. The molecule has 0 bridgehead atoms. The number of pyridine rings is 1. The molecule has 0 unspecified atom stereocenters. The van der Waals surface area contributed by atoms with E-state index in [0.717, 1.165) is 88.4 Å². The summed E-state index contributed by atoms with van der Waals surface area (Å²) in [4.78, 5) is 9.88. The Labute approximate surface area is 445 Å². The van der Waals surface area contributed by atoms with Gasteiger partial charge in [0.25, 0.3) is 0 Å². The van der Waals surface area contributed by atoms with Crippen molar-refractivity contribution in [1.29, 1.82) is 0 Å². The summed E-state index contributed by atoms with van der Waals surface area (Å²) in [5.74, 6) is 1.11. The summed E-state index contributed by atoms with van der Waals surface area (Å²) in [6, 6.07) is 60.9. The van der Waals surface area contributed by atoms with Gasteiger partial charge in [0, 0.05) is 50.9 Å². The number of fused-ring (bicyclic) bond motifs is 8. The van der Waals surface area contributed by atoms with E-state index in [1.54, 1.807) is 0 Å². The molecule has 0 fully saturated rings. The molecule has 0 saturated heterocycles. The van der Waals surface area contributed by atoms with Gasteiger partial charge in [-0.2, -0.15) is 0 Å². The molecule has 12 rings (SSSR count). The van der Waals surface area contributed by atoms with E-state index in [2.05, 4.69) is 161 Å². The molecule has 0 aliphatic carbocycles. The van der Waals surface area contributed by atoms with E-state index in [4.69, 9.17) is 16.6 Å². The van der Waals surface area contributed by atoms with Gasteiger partial charge in [0.1, 0.15) is 16.7 Å². The standard InChI is InChI=1S/C52H45N2O2.C15H16N.Ir/c1-30(2)40-23-36(33-14-9-8-10-15-33)24-41(31(3)4)49(40)54-45-26-35-22-32(29-52(5,6)7)20-21-34(35)25-44(45)53-51(54)39-18-13-17-38-43-28-47-42(27-48(43)56-50(38)39)37-16-11-12-19-46(37)55-47;1-15(2,3)13-9-10-16-14(11-13)12-7-5-4-6-8-12;/h8-17,19-28,30-31H,29H2,1-7H3;4-7,9-11H,1-3H3;/q2*-1;/i29D2;;. The fourth-order valence-corrected chi connectivity index (χ4v) is 10.1. The van der Waals surface area contributed by atoms with Crippen molar-refractivity contribution in [3.8, 4) is 39.5 Å². The average molecular weight is 1130 g/mol. The third-order valence-corrected chi connectivity index (χ3v) is 13.6. The number of rotatable bonds is 7. The number of para-hydroxylation sites is 1. The van der Waals surface area contributed by atoms with Gasteiger partial charge in [-0.1, -0.05) is 153 Å². The number of hydrogen-bond acceptors (Lipinski definition) is 4. The van der Waals surface area contributed by atoms with Crippen LogP contribution in [0, 0.1) is 17.5 Å². The van der Waals surface area contributed by atoms with Gasteiger partial charge in [-0.25, -0.2) is 0 Å². The van der Waals surface area contributed by atoms with Crippen LogP contribution < -0.4 is 0 Å². The van der Waals surface area contributed by atoms with Crippen LogP contribution in [-0.2, 0) is 31.9 Å². The molecule has 0 saturated carbocycles. The van der Waals surface area contributed by atoms with Crippen LogP contribution in [0.4, 0.5) is 0 Å². The molecular weight excluding hydrogens is 1070 g/mol. The number of aromatic nitrogens is 3. The van der Waals surface area contributed by atoms with E-state index in [0.29, 0.717) is 11.1 Å². The SMILES string of the molecule is CC(C)(C)c1ccnc(-c2[c-]cccc2)c1.[2H]C([2H])(c1ccc2cc3nc(-c4[c-]ccc5c4oc4cc6c(cc45)oc4ccccc46)n(-c4c(C(C)C)cc(-c5ccccc5)cc4C(C)C)c3cc2c1)C(C)(C)C.[Ir]. The molecule has 0 amide bonds. The van der Waals surface area contributed by atoms with Crippen molar-refractivity contribution in [3.05, 3.63) is 198 Å². The van der Waals surface area contributed by atoms with Crippen molar-refractivity contribution < 1.29 is 31.7 Å².